The van der Waals surface area contributed by atoms with Crippen LogP contribution in [0.1, 0.15) is 34.0 Å². The van der Waals surface area contributed by atoms with Gasteiger partial charge in [0.25, 0.3) is 5.91 Å². The maximum absolute atomic E-state index is 13.9. The molecule has 7 heteroatoms. The van der Waals surface area contributed by atoms with Crippen molar-refractivity contribution in [3.8, 4) is 11.1 Å². The summed E-state index contributed by atoms with van der Waals surface area (Å²) in [6.07, 6.45) is 0. The molecule has 5 rings (SSSR count). The minimum absolute atomic E-state index is 0.0666. The summed E-state index contributed by atoms with van der Waals surface area (Å²) in [4.78, 5) is 17.6. The van der Waals surface area contributed by atoms with Gasteiger partial charge in [0.2, 0.25) is 0 Å². The molecule has 1 aliphatic heterocycles. The fourth-order valence-corrected chi connectivity index (χ4v) is 8.68. The molecule has 1 amide bonds. The largest absolute Gasteiger partial charge is 0.296 e. The van der Waals surface area contributed by atoms with E-state index in [1.54, 1.807) is 20.7 Å². The molecule has 3 heterocycles. The number of nitrogens with zero attached hydrogens (tertiary/aromatic N) is 1. The molecule has 2 aromatic carbocycles. The van der Waals surface area contributed by atoms with Gasteiger partial charge in [0.05, 0.1) is 21.1 Å². The lowest BCUT2D eigenvalue weighted by atomic mass is 9.86. The Labute approximate surface area is 190 Å². The van der Waals surface area contributed by atoms with Gasteiger partial charge in [-0.2, -0.15) is 0 Å². The summed E-state index contributed by atoms with van der Waals surface area (Å²) < 4.78 is 1.90. The summed E-state index contributed by atoms with van der Waals surface area (Å²) in [6, 6.07) is 14.1. The summed E-state index contributed by atoms with van der Waals surface area (Å²) in [5.41, 5.74) is 3.61. The Morgan fingerprint density at radius 3 is 2.66 bits per heavy atom. The molecule has 0 atom stereocenters. The zero-order valence-corrected chi connectivity index (χ0v) is 19.9. The van der Waals surface area contributed by atoms with Crippen LogP contribution in [0.15, 0.2) is 42.5 Å². The Balaban J connectivity index is 1.78. The van der Waals surface area contributed by atoms with Gasteiger partial charge in [0, 0.05) is 21.2 Å². The highest BCUT2D eigenvalue weighted by molar-refractivity contribution is 7.80. The van der Waals surface area contributed by atoms with Gasteiger partial charge < -0.3 is 0 Å². The number of hydrogen-bond donors (Lipinski definition) is 0. The number of halogens is 1. The zero-order valence-electron chi connectivity index (χ0n) is 15.9. The summed E-state index contributed by atoms with van der Waals surface area (Å²) in [6.45, 7) is 6.23. The molecular formula is C22H16ClNOS4. The maximum Gasteiger partial charge on any atom is 0.270 e. The number of thiophene rings is 1. The third kappa shape index (κ3) is 2.77. The van der Waals surface area contributed by atoms with Crippen molar-refractivity contribution < 1.29 is 4.79 Å². The van der Waals surface area contributed by atoms with Crippen molar-refractivity contribution in [1.29, 1.82) is 0 Å². The van der Waals surface area contributed by atoms with Crippen LogP contribution in [0.4, 0.5) is 5.69 Å². The van der Waals surface area contributed by atoms with Crippen LogP contribution in [-0.2, 0) is 5.54 Å². The normalized spacial score (nSPS) is 14.7. The van der Waals surface area contributed by atoms with Crippen LogP contribution in [0.3, 0.4) is 0 Å². The standard InChI is InChI=1S/C22H16ClNOS4/c1-11-8-9-12-14(10-11)24(22(2,3)19-16(12)21(26)29-28-19)20(25)18-17(23)13-6-4-5-7-15(13)27-18/h4-10H,1-3H3. The van der Waals surface area contributed by atoms with Crippen LogP contribution in [0.5, 0.6) is 0 Å². The van der Waals surface area contributed by atoms with Gasteiger partial charge >= 0.3 is 0 Å². The highest BCUT2D eigenvalue weighted by atomic mass is 35.5. The number of rotatable bonds is 1. The van der Waals surface area contributed by atoms with E-state index in [0.29, 0.717) is 9.90 Å². The first-order valence-electron chi connectivity index (χ1n) is 9.07. The zero-order chi connectivity index (χ0) is 20.5. The SMILES string of the molecule is Cc1ccc2c(c1)N(C(=O)c1sc3ccccc3c1Cl)C(C)(C)c1ssc(=S)c1-2. The summed E-state index contributed by atoms with van der Waals surface area (Å²) >= 11 is 13.8. The predicted molar refractivity (Wildman–Crippen MR) is 130 cm³/mol. The number of amides is 1. The number of carbonyl (C=O) groups is 1. The highest BCUT2D eigenvalue weighted by Gasteiger charge is 2.44. The number of benzene rings is 2. The molecule has 0 radical (unpaired) electrons. The molecule has 0 N–H and O–H groups in total. The third-order valence-electron chi connectivity index (χ3n) is 5.34. The van der Waals surface area contributed by atoms with E-state index in [2.05, 4.69) is 32.0 Å². The van der Waals surface area contributed by atoms with Crippen LogP contribution in [0.25, 0.3) is 21.2 Å². The summed E-state index contributed by atoms with van der Waals surface area (Å²) in [7, 11) is 3.27. The quantitative estimate of drug-likeness (QED) is 0.205. The van der Waals surface area contributed by atoms with Crippen LogP contribution < -0.4 is 4.90 Å². The number of aryl methyl sites for hydroxylation is 1. The van der Waals surface area contributed by atoms with Gasteiger partial charge in [0.1, 0.15) is 8.70 Å². The minimum Gasteiger partial charge on any atom is -0.296 e. The Kier molecular flexibility index (Phi) is 4.50. The Bertz CT molecular complexity index is 1360. The van der Waals surface area contributed by atoms with E-state index in [9.17, 15) is 4.79 Å². The van der Waals surface area contributed by atoms with Gasteiger partial charge in [-0.05, 0) is 38.5 Å². The predicted octanol–water partition coefficient (Wildman–Crippen LogP) is 8.28. The second kappa shape index (κ2) is 6.72. The van der Waals surface area contributed by atoms with Crippen molar-refractivity contribution in [2.45, 2.75) is 26.3 Å². The molecule has 2 aromatic heterocycles. The second-order valence-electron chi connectivity index (χ2n) is 7.62. The van der Waals surface area contributed by atoms with Crippen LogP contribution in [0, 0.1) is 10.7 Å². The molecule has 146 valence electrons. The molecule has 0 saturated heterocycles. The van der Waals surface area contributed by atoms with Crippen molar-refractivity contribution in [1.82, 2.24) is 0 Å². The van der Waals surface area contributed by atoms with Crippen molar-refractivity contribution in [3.05, 3.63) is 66.6 Å². The van der Waals surface area contributed by atoms with Gasteiger partial charge in [-0.3, -0.25) is 9.69 Å². The molecular weight excluding hydrogens is 458 g/mol. The second-order valence-corrected chi connectivity index (χ2v) is 11.9. The third-order valence-corrected chi connectivity index (χ3v) is 10.3. The Morgan fingerprint density at radius 1 is 1.14 bits per heavy atom. The molecule has 0 aliphatic carbocycles. The first-order chi connectivity index (χ1) is 13.8. The maximum atomic E-state index is 13.9. The van der Waals surface area contributed by atoms with Gasteiger partial charge in [-0.15, -0.1) is 11.3 Å². The topological polar surface area (TPSA) is 20.3 Å². The lowest BCUT2D eigenvalue weighted by Gasteiger charge is -2.43. The van der Waals surface area contributed by atoms with Crippen LogP contribution >= 0.6 is 55.8 Å². The van der Waals surface area contributed by atoms with Crippen molar-refractivity contribution in [2.75, 3.05) is 4.90 Å². The number of hydrogen-bond acceptors (Lipinski definition) is 5. The average Bonchev–Trinajstić information content (AvgIpc) is 3.23. The molecule has 1 aliphatic rings. The van der Waals surface area contributed by atoms with E-state index in [0.717, 1.165) is 41.2 Å². The molecule has 0 fully saturated rings. The van der Waals surface area contributed by atoms with Crippen molar-refractivity contribution >= 4 is 77.5 Å². The number of anilines is 1. The monoisotopic (exact) mass is 473 g/mol. The fourth-order valence-electron chi connectivity index (χ4n) is 3.95. The first-order valence-corrected chi connectivity index (χ1v) is 12.8. The fraction of sp³-hybridized carbons (Fsp3) is 0.182. The van der Waals surface area contributed by atoms with E-state index in [1.165, 1.54) is 11.3 Å². The molecule has 0 bridgehead atoms. The van der Waals surface area contributed by atoms with E-state index in [-0.39, 0.29) is 5.91 Å². The van der Waals surface area contributed by atoms with E-state index >= 15 is 0 Å². The van der Waals surface area contributed by atoms with Gasteiger partial charge in [-0.25, -0.2) is 0 Å². The molecule has 2 nitrogen and oxygen atoms in total. The minimum atomic E-state index is -0.523. The van der Waals surface area contributed by atoms with E-state index in [1.807, 2.05) is 36.1 Å². The average molecular weight is 474 g/mol. The van der Waals surface area contributed by atoms with E-state index in [4.69, 9.17) is 23.8 Å². The summed E-state index contributed by atoms with van der Waals surface area (Å²) in [5, 5.41) is 1.46. The van der Waals surface area contributed by atoms with E-state index < -0.39 is 5.54 Å². The number of carbonyl (C=O) groups excluding carboxylic acids is 1. The van der Waals surface area contributed by atoms with Crippen LogP contribution in [-0.4, -0.2) is 5.91 Å². The smallest absolute Gasteiger partial charge is 0.270 e. The lowest BCUT2D eigenvalue weighted by Crippen LogP contribution is -2.47. The van der Waals surface area contributed by atoms with Gasteiger partial charge in [-0.1, -0.05) is 74.8 Å². The van der Waals surface area contributed by atoms with Crippen molar-refractivity contribution in [2.24, 2.45) is 0 Å². The highest BCUT2D eigenvalue weighted by Crippen LogP contribution is 2.53. The molecule has 0 unspecified atom stereocenters. The Hall–Kier alpha value is -1.57. The molecule has 0 saturated carbocycles. The first kappa shape index (κ1) is 19.4. The van der Waals surface area contributed by atoms with Crippen molar-refractivity contribution in [3.63, 3.8) is 0 Å². The molecule has 4 aromatic rings. The molecule has 29 heavy (non-hydrogen) atoms. The molecule has 0 spiro atoms. The lowest BCUT2D eigenvalue weighted by molar-refractivity contribution is 0.0966. The Morgan fingerprint density at radius 2 is 1.90 bits per heavy atom. The van der Waals surface area contributed by atoms with Crippen LogP contribution in [0.2, 0.25) is 5.02 Å². The van der Waals surface area contributed by atoms with Gasteiger partial charge in [0.15, 0.2) is 0 Å². The number of fused-ring (bicyclic) bond motifs is 4. The summed E-state index contributed by atoms with van der Waals surface area (Å²) in [5.74, 6) is -0.0666.